The van der Waals surface area contributed by atoms with Crippen LogP contribution in [0.4, 0.5) is 4.39 Å². The van der Waals surface area contributed by atoms with Gasteiger partial charge in [-0.2, -0.15) is 0 Å². The largest absolute Gasteiger partial charge is 0.451 e. The molecule has 1 unspecified atom stereocenters. The van der Waals surface area contributed by atoms with E-state index in [0.717, 1.165) is 12.8 Å². The standard InChI is InChI=1S/C17H16FN3O4/c1-9-12-7-11(18)4-5-13(12)24-14(9)16(22)21-6-2-3-10(8-21)15-19-20-17(23)25-15/h4-5,7,10H,2-3,6,8H2,1H3,(H,20,23). The molecule has 0 spiro atoms. The van der Waals surface area contributed by atoms with Crippen molar-refractivity contribution in [2.45, 2.75) is 25.7 Å². The summed E-state index contributed by atoms with van der Waals surface area (Å²) in [6, 6.07) is 4.18. The van der Waals surface area contributed by atoms with Crippen molar-refractivity contribution in [3.8, 4) is 0 Å². The number of fused-ring (bicyclic) bond motifs is 1. The van der Waals surface area contributed by atoms with Crippen LogP contribution < -0.4 is 5.76 Å². The first-order chi connectivity index (χ1) is 12.0. The van der Waals surface area contributed by atoms with Crippen molar-refractivity contribution in [2.24, 2.45) is 0 Å². The number of nitrogens with one attached hydrogen (secondary N) is 1. The first kappa shape index (κ1) is 15.6. The van der Waals surface area contributed by atoms with Crippen molar-refractivity contribution in [1.29, 1.82) is 0 Å². The van der Waals surface area contributed by atoms with Gasteiger partial charge in [0, 0.05) is 24.0 Å². The van der Waals surface area contributed by atoms with Gasteiger partial charge < -0.3 is 13.7 Å². The first-order valence-corrected chi connectivity index (χ1v) is 8.06. The Morgan fingerprint density at radius 1 is 1.40 bits per heavy atom. The molecule has 0 saturated carbocycles. The predicted octanol–water partition coefficient (Wildman–Crippen LogP) is 2.58. The SMILES string of the molecule is Cc1c(C(=O)N2CCCC(c3n[nH]c(=O)o3)C2)oc2ccc(F)cc12. The van der Waals surface area contributed by atoms with Gasteiger partial charge in [-0.1, -0.05) is 0 Å². The number of aromatic amines is 1. The summed E-state index contributed by atoms with van der Waals surface area (Å²) in [5.41, 5.74) is 1.10. The van der Waals surface area contributed by atoms with Crippen LogP contribution in [0.2, 0.25) is 0 Å². The van der Waals surface area contributed by atoms with Crippen molar-refractivity contribution in [3.05, 3.63) is 51.8 Å². The smallest absolute Gasteiger partial charge is 0.434 e. The molecule has 3 heterocycles. The number of H-pyrrole nitrogens is 1. The highest BCUT2D eigenvalue weighted by atomic mass is 19.1. The molecule has 1 aromatic carbocycles. The third-order valence-electron chi connectivity index (χ3n) is 4.60. The molecule has 7 nitrogen and oxygen atoms in total. The highest BCUT2D eigenvalue weighted by Crippen LogP contribution is 2.30. The van der Waals surface area contributed by atoms with Crippen LogP contribution in [0, 0.1) is 12.7 Å². The van der Waals surface area contributed by atoms with E-state index in [1.807, 2.05) is 0 Å². The Morgan fingerprint density at radius 3 is 3.00 bits per heavy atom. The lowest BCUT2D eigenvalue weighted by Gasteiger charge is -2.30. The fourth-order valence-electron chi connectivity index (χ4n) is 3.32. The molecule has 1 N–H and O–H groups in total. The molecular formula is C17H16FN3O4. The first-order valence-electron chi connectivity index (χ1n) is 8.06. The zero-order valence-corrected chi connectivity index (χ0v) is 13.5. The number of halogens is 1. The number of rotatable bonds is 2. The number of hydrogen-bond donors (Lipinski definition) is 1. The van der Waals surface area contributed by atoms with E-state index in [1.54, 1.807) is 11.8 Å². The molecule has 0 bridgehead atoms. The molecule has 1 amide bonds. The lowest BCUT2D eigenvalue weighted by molar-refractivity contribution is 0.0667. The van der Waals surface area contributed by atoms with Gasteiger partial charge in [0.1, 0.15) is 11.4 Å². The number of furan rings is 1. The topological polar surface area (TPSA) is 92.3 Å². The molecule has 25 heavy (non-hydrogen) atoms. The van der Waals surface area contributed by atoms with Crippen LogP contribution in [-0.2, 0) is 0 Å². The highest BCUT2D eigenvalue weighted by molar-refractivity contribution is 5.99. The number of amides is 1. The van der Waals surface area contributed by atoms with Crippen molar-refractivity contribution in [1.82, 2.24) is 15.1 Å². The molecule has 3 aromatic rings. The highest BCUT2D eigenvalue weighted by Gasteiger charge is 2.31. The van der Waals surface area contributed by atoms with Gasteiger partial charge in [-0.15, -0.1) is 5.10 Å². The summed E-state index contributed by atoms with van der Waals surface area (Å²) in [5, 5.41) is 6.70. The zero-order valence-electron chi connectivity index (χ0n) is 13.5. The average molecular weight is 345 g/mol. The van der Waals surface area contributed by atoms with Crippen LogP contribution in [0.1, 0.15) is 40.8 Å². The Labute approximate surface area is 141 Å². The Bertz CT molecular complexity index is 1000. The van der Waals surface area contributed by atoms with E-state index in [1.165, 1.54) is 18.2 Å². The number of carbonyl (C=O) groups is 1. The van der Waals surface area contributed by atoms with Gasteiger partial charge in [-0.3, -0.25) is 4.79 Å². The number of piperidine rings is 1. The van der Waals surface area contributed by atoms with Crippen molar-refractivity contribution >= 4 is 16.9 Å². The molecule has 0 aliphatic carbocycles. The Kier molecular flexibility index (Phi) is 3.67. The molecule has 130 valence electrons. The maximum Gasteiger partial charge on any atom is 0.434 e. The molecule has 4 rings (SSSR count). The quantitative estimate of drug-likeness (QED) is 0.771. The lowest BCUT2D eigenvalue weighted by atomic mass is 9.97. The van der Waals surface area contributed by atoms with E-state index in [4.69, 9.17) is 8.83 Å². The second-order valence-electron chi connectivity index (χ2n) is 6.24. The van der Waals surface area contributed by atoms with Crippen LogP contribution in [0.15, 0.2) is 31.8 Å². The molecule has 1 aliphatic heterocycles. The molecule has 2 aromatic heterocycles. The van der Waals surface area contributed by atoms with Gasteiger partial charge in [0.25, 0.3) is 5.91 Å². The molecular weight excluding hydrogens is 329 g/mol. The van der Waals surface area contributed by atoms with E-state index in [2.05, 4.69) is 10.2 Å². The van der Waals surface area contributed by atoms with Crippen LogP contribution >= 0.6 is 0 Å². The fourth-order valence-corrected chi connectivity index (χ4v) is 3.32. The molecule has 1 atom stereocenters. The number of nitrogens with zero attached hydrogens (tertiary/aromatic N) is 2. The minimum atomic E-state index is -0.603. The third kappa shape index (κ3) is 2.73. The van der Waals surface area contributed by atoms with Crippen molar-refractivity contribution in [2.75, 3.05) is 13.1 Å². The van der Waals surface area contributed by atoms with Crippen molar-refractivity contribution in [3.63, 3.8) is 0 Å². The van der Waals surface area contributed by atoms with Crippen LogP contribution in [-0.4, -0.2) is 34.1 Å². The fraction of sp³-hybridized carbons (Fsp3) is 0.353. The monoisotopic (exact) mass is 345 g/mol. The Morgan fingerprint density at radius 2 is 2.24 bits per heavy atom. The summed E-state index contributed by atoms with van der Waals surface area (Å²) in [6.07, 6.45) is 1.54. The summed E-state index contributed by atoms with van der Waals surface area (Å²) in [5.74, 6) is -0.846. The summed E-state index contributed by atoms with van der Waals surface area (Å²) < 4.78 is 24.1. The second-order valence-corrected chi connectivity index (χ2v) is 6.24. The van der Waals surface area contributed by atoms with Gasteiger partial charge in [-0.05, 0) is 38.0 Å². The van der Waals surface area contributed by atoms with Crippen LogP contribution in [0.5, 0.6) is 0 Å². The van der Waals surface area contributed by atoms with Crippen LogP contribution in [0.25, 0.3) is 11.0 Å². The second kappa shape index (κ2) is 5.87. The van der Waals surface area contributed by atoms with Gasteiger partial charge in [0.15, 0.2) is 5.76 Å². The summed E-state index contributed by atoms with van der Waals surface area (Å²) in [7, 11) is 0. The van der Waals surface area contributed by atoms with E-state index in [9.17, 15) is 14.0 Å². The van der Waals surface area contributed by atoms with E-state index < -0.39 is 5.76 Å². The number of carbonyl (C=O) groups excluding carboxylic acids is 1. The molecule has 8 heteroatoms. The number of hydrogen-bond acceptors (Lipinski definition) is 5. The van der Waals surface area contributed by atoms with Gasteiger partial charge in [0.05, 0.1) is 5.92 Å². The molecule has 1 aliphatic rings. The number of aryl methyl sites for hydroxylation is 1. The van der Waals surface area contributed by atoms with E-state index >= 15 is 0 Å². The Balaban J connectivity index is 1.62. The van der Waals surface area contributed by atoms with E-state index in [0.29, 0.717) is 35.5 Å². The minimum Gasteiger partial charge on any atom is -0.451 e. The van der Waals surface area contributed by atoms with Gasteiger partial charge >= 0.3 is 5.76 Å². The molecule has 0 radical (unpaired) electrons. The zero-order chi connectivity index (χ0) is 17.6. The number of aromatic nitrogens is 2. The maximum absolute atomic E-state index is 13.4. The molecule has 1 fully saturated rings. The predicted molar refractivity (Wildman–Crippen MR) is 85.9 cm³/mol. The van der Waals surface area contributed by atoms with Gasteiger partial charge in [0.2, 0.25) is 5.89 Å². The number of likely N-dealkylation sites (tertiary alicyclic amines) is 1. The minimum absolute atomic E-state index is 0.140. The van der Waals surface area contributed by atoms with Crippen LogP contribution in [0.3, 0.4) is 0 Å². The van der Waals surface area contributed by atoms with E-state index in [-0.39, 0.29) is 23.4 Å². The maximum atomic E-state index is 13.4. The third-order valence-corrected chi connectivity index (χ3v) is 4.60. The average Bonchev–Trinajstić information content (AvgIpc) is 3.19. The van der Waals surface area contributed by atoms with Gasteiger partial charge in [-0.25, -0.2) is 14.3 Å². The lowest BCUT2D eigenvalue weighted by Crippen LogP contribution is -2.39. The molecule has 1 saturated heterocycles. The van der Waals surface area contributed by atoms with Crippen molar-refractivity contribution < 1.29 is 18.0 Å². The number of benzene rings is 1. The summed E-state index contributed by atoms with van der Waals surface area (Å²) in [6.45, 7) is 2.71. The normalized spacial score (nSPS) is 18.0. The Hall–Kier alpha value is -2.90. The summed E-state index contributed by atoms with van der Waals surface area (Å²) in [4.78, 5) is 25.7. The summed E-state index contributed by atoms with van der Waals surface area (Å²) >= 11 is 0.